The Balaban J connectivity index is 2.51. The molecule has 0 aliphatic rings. The first-order valence-corrected chi connectivity index (χ1v) is 5.20. The largest absolute Gasteiger partial charge is 0.378 e. The summed E-state index contributed by atoms with van der Waals surface area (Å²) >= 11 is 0. The van der Waals surface area contributed by atoms with Crippen molar-refractivity contribution in [1.29, 1.82) is 0 Å². The quantitative estimate of drug-likeness (QED) is 0.798. The summed E-state index contributed by atoms with van der Waals surface area (Å²) in [5, 5.41) is 1.28. The van der Waals surface area contributed by atoms with Gasteiger partial charge in [0.2, 0.25) is 0 Å². The number of nitrogens with one attached hydrogen (secondary N) is 1. The van der Waals surface area contributed by atoms with Crippen LogP contribution in [0.25, 0.3) is 10.9 Å². The van der Waals surface area contributed by atoms with Gasteiger partial charge in [-0.1, -0.05) is 0 Å². The highest BCUT2D eigenvalue weighted by Crippen LogP contribution is 2.23. The Morgan fingerprint density at radius 1 is 1.33 bits per heavy atom. The Hall–Kier alpha value is -1.48. The molecule has 1 aromatic carbocycles. The number of nitrogens with two attached hydrogens (primary N) is 1. The van der Waals surface area contributed by atoms with Gasteiger partial charge >= 0.3 is 0 Å². The molecule has 3 N–H and O–H groups in total. The van der Waals surface area contributed by atoms with Crippen molar-refractivity contribution in [3.05, 3.63) is 30.0 Å². The highest BCUT2D eigenvalue weighted by Gasteiger charge is 2.04. The molecule has 0 amide bonds. The van der Waals surface area contributed by atoms with Crippen LogP contribution in [0.5, 0.6) is 0 Å². The molecule has 0 spiro atoms. The average Bonchev–Trinajstić information content (AvgIpc) is 2.61. The first-order valence-electron chi connectivity index (χ1n) is 5.20. The molecule has 15 heavy (non-hydrogen) atoms. The molecule has 1 aromatic heterocycles. The van der Waals surface area contributed by atoms with Gasteiger partial charge in [-0.2, -0.15) is 0 Å². The number of hydrogen-bond acceptors (Lipinski definition) is 2. The minimum absolute atomic E-state index is 0.694. The van der Waals surface area contributed by atoms with Gasteiger partial charge in [0.15, 0.2) is 0 Å². The topological polar surface area (TPSA) is 45.0 Å². The molecule has 0 bridgehead atoms. The summed E-state index contributed by atoms with van der Waals surface area (Å²) in [6.07, 6.45) is 2.98. The van der Waals surface area contributed by atoms with E-state index in [0.717, 1.165) is 6.42 Å². The van der Waals surface area contributed by atoms with E-state index in [0.29, 0.717) is 6.54 Å². The molecule has 0 radical (unpaired) electrons. The third kappa shape index (κ3) is 1.83. The van der Waals surface area contributed by atoms with Crippen molar-refractivity contribution >= 4 is 16.6 Å². The lowest BCUT2D eigenvalue weighted by molar-refractivity contribution is 0.976. The molecule has 1 heterocycles. The van der Waals surface area contributed by atoms with E-state index in [9.17, 15) is 0 Å². The van der Waals surface area contributed by atoms with E-state index in [4.69, 9.17) is 5.73 Å². The van der Waals surface area contributed by atoms with Crippen LogP contribution in [0.2, 0.25) is 0 Å². The van der Waals surface area contributed by atoms with Crippen molar-refractivity contribution in [1.82, 2.24) is 4.98 Å². The van der Waals surface area contributed by atoms with Crippen molar-refractivity contribution in [2.75, 3.05) is 25.5 Å². The Bertz CT molecular complexity index is 457. The van der Waals surface area contributed by atoms with Crippen LogP contribution >= 0.6 is 0 Å². The second-order valence-corrected chi connectivity index (χ2v) is 3.98. The second-order valence-electron chi connectivity index (χ2n) is 3.98. The average molecular weight is 203 g/mol. The van der Waals surface area contributed by atoms with Crippen molar-refractivity contribution in [2.45, 2.75) is 6.42 Å². The number of anilines is 1. The smallest absolute Gasteiger partial charge is 0.0458 e. The van der Waals surface area contributed by atoms with Gasteiger partial charge in [-0.3, -0.25) is 0 Å². The fourth-order valence-electron chi connectivity index (χ4n) is 1.81. The molecule has 2 rings (SSSR count). The third-order valence-electron chi connectivity index (χ3n) is 2.68. The van der Waals surface area contributed by atoms with Gasteiger partial charge in [0.1, 0.15) is 0 Å². The number of H-pyrrole nitrogens is 1. The molecular weight excluding hydrogens is 186 g/mol. The summed E-state index contributed by atoms with van der Waals surface area (Å²) in [7, 11) is 4.10. The standard InChI is InChI=1S/C12H17N3/c1-15(2)10-3-4-12-11(7-10)9(5-6-13)8-14-12/h3-4,7-8,14H,5-6,13H2,1-2H3. The SMILES string of the molecule is CN(C)c1ccc2[nH]cc(CCN)c2c1. The van der Waals surface area contributed by atoms with Crippen molar-refractivity contribution in [2.24, 2.45) is 5.73 Å². The zero-order chi connectivity index (χ0) is 10.8. The zero-order valence-electron chi connectivity index (χ0n) is 9.25. The molecule has 3 nitrogen and oxygen atoms in total. The normalized spacial score (nSPS) is 10.9. The molecule has 0 aliphatic carbocycles. The van der Waals surface area contributed by atoms with Gasteiger partial charge < -0.3 is 15.6 Å². The van der Waals surface area contributed by atoms with E-state index in [1.54, 1.807) is 0 Å². The molecule has 80 valence electrons. The maximum atomic E-state index is 5.58. The molecule has 0 aliphatic heterocycles. The molecular formula is C12H17N3. The Kier molecular flexibility index (Phi) is 2.64. The van der Waals surface area contributed by atoms with E-state index in [1.165, 1.54) is 22.2 Å². The summed E-state index contributed by atoms with van der Waals surface area (Å²) in [5.41, 5.74) is 9.29. The fourth-order valence-corrected chi connectivity index (χ4v) is 1.81. The summed E-state index contributed by atoms with van der Waals surface area (Å²) in [6, 6.07) is 6.44. The molecule has 0 fully saturated rings. The van der Waals surface area contributed by atoms with E-state index in [2.05, 4.69) is 48.4 Å². The molecule has 0 unspecified atom stereocenters. The van der Waals surface area contributed by atoms with E-state index in [1.807, 2.05) is 0 Å². The van der Waals surface area contributed by atoms with Crippen LogP contribution in [0, 0.1) is 0 Å². The van der Waals surface area contributed by atoms with Gasteiger partial charge in [0.25, 0.3) is 0 Å². The predicted molar refractivity (Wildman–Crippen MR) is 65.4 cm³/mol. The number of fused-ring (bicyclic) bond motifs is 1. The highest BCUT2D eigenvalue weighted by atomic mass is 15.1. The minimum Gasteiger partial charge on any atom is -0.378 e. The lowest BCUT2D eigenvalue weighted by Crippen LogP contribution is -2.08. The molecule has 2 aromatic rings. The highest BCUT2D eigenvalue weighted by molar-refractivity contribution is 5.86. The zero-order valence-corrected chi connectivity index (χ0v) is 9.25. The van der Waals surface area contributed by atoms with Crippen molar-refractivity contribution in [3.8, 4) is 0 Å². The van der Waals surface area contributed by atoms with E-state index >= 15 is 0 Å². The first-order chi connectivity index (χ1) is 7.22. The van der Waals surface area contributed by atoms with E-state index in [-0.39, 0.29) is 0 Å². The fraction of sp³-hybridized carbons (Fsp3) is 0.333. The van der Waals surface area contributed by atoms with Crippen LogP contribution < -0.4 is 10.6 Å². The van der Waals surface area contributed by atoms with Gasteiger partial charge in [-0.25, -0.2) is 0 Å². The summed E-state index contributed by atoms with van der Waals surface area (Å²) in [6.45, 7) is 0.694. The number of benzene rings is 1. The van der Waals surface area contributed by atoms with Crippen LogP contribution in [0.15, 0.2) is 24.4 Å². The first kappa shape index (κ1) is 10.1. The number of aromatic nitrogens is 1. The Morgan fingerprint density at radius 2 is 2.13 bits per heavy atom. The van der Waals surface area contributed by atoms with Crippen LogP contribution in [-0.2, 0) is 6.42 Å². The van der Waals surface area contributed by atoms with Gasteiger partial charge in [0, 0.05) is 36.9 Å². The minimum atomic E-state index is 0.694. The van der Waals surface area contributed by atoms with Gasteiger partial charge in [-0.15, -0.1) is 0 Å². The molecule has 0 saturated carbocycles. The van der Waals surface area contributed by atoms with Crippen molar-refractivity contribution in [3.63, 3.8) is 0 Å². The maximum absolute atomic E-state index is 5.58. The van der Waals surface area contributed by atoms with Crippen molar-refractivity contribution < 1.29 is 0 Å². The summed E-state index contributed by atoms with van der Waals surface area (Å²) in [5.74, 6) is 0. The van der Waals surface area contributed by atoms with Crippen LogP contribution in [0.4, 0.5) is 5.69 Å². The second kappa shape index (κ2) is 3.95. The predicted octanol–water partition coefficient (Wildman–Crippen LogP) is 1.74. The van der Waals surface area contributed by atoms with Crippen LogP contribution in [0.3, 0.4) is 0 Å². The maximum Gasteiger partial charge on any atom is 0.0458 e. The van der Waals surface area contributed by atoms with E-state index < -0.39 is 0 Å². The number of nitrogens with zero attached hydrogens (tertiary/aromatic N) is 1. The van der Waals surface area contributed by atoms with Crippen LogP contribution in [0.1, 0.15) is 5.56 Å². The summed E-state index contributed by atoms with van der Waals surface area (Å²) < 4.78 is 0. The number of aromatic amines is 1. The Labute approximate surface area is 89.9 Å². The van der Waals surface area contributed by atoms with Gasteiger partial charge in [0.05, 0.1) is 0 Å². The molecule has 3 heteroatoms. The Morgan fingerprint density at radius 3 is 2.80 bits per heavy atom. The molecule has 0 saturated heterocycles. The lowest BCUT2D eigenvalue weighted by atomic mass is 10.1. The number of hydrogen-bond donors (Lipinski definition) is 2. The number of rotatable bonds is 3. The third-order valence-corrected chi connectivity index (χ3v) is 2.68. The van der Waals surface area contributed by atoms with Gasteiger partial charge in [-0.05, 0) is 36.7 Å². The monoisotopic (exact) mass is 203 g/mol. The molecule has 0 atom stereocenters. The lowest BCUT2D eigenvalue weighted by Gasteiger charge is -2.12. The van der Waals surface area contributed by atoms with Crippen LogP contribution in [-0.4, -0.2) is 25.6 Å². The summed E-state index contributed by atoms with van der Waals surface area (Å²) in [4.78, 5) is 5.37.